The highest BCUT2D eigenvalue weighted by atomic mass is 32.2. The summed E-state index contributed by atoms with van der Waals surface area (Å²) in [5.74, 6) is -0.268. The maximum atomic E-state index is 11.0. The molecule has 1 saturated heterocycles. The molecule has 0 aromatic heterocycles. The number of para-hydroxylation sites is 1. The van der Waals surface area contributed by atoms with E-state index < -0.39 is 10.1 Å². The van der Waals surface area contributed by atoms with E-state index in [9.17, 15) is 8.42 Å². The van der Waals surface area contributed by atoms with Gasteiger partial charge >= 0.3 is 0 Å². The Labute approximate surface area is 184 Å². The van der Waals surface area contributed by atoms with Gasteiger partial charge in [0.15, 0.2) is 0 Å². The molecule has 3 rings (SSSR count). The molecule has 0 saturated carbocycles. The van der Waals surface area contributed by atoms with Crippen molar-refractivity contribution < 1.29 is 13.0 Å². The van der Waals surface area contributed by atoms with Crippen molar-refractivity contribution in [2.75, 3.05) is 23.7 Å². The fraction of sp³-hybridized carbons (Fsp3) is 0.222. The van der Waals surface area contributed by atoms with Crippen molar-refractivity contribution in [3.63, 3.8) is 0 Å². The summed E-state index contributed by atoms with van der Waals surface area (Å²) in [6.45, 7) is 4.80. The minimum Gasteiger partial charge on any atom is -0.335 e. The molecule has 28 heavy (non-hydrogen) atoms. The molecule has 2 aliphatic heterocycles. The van der Waals surface area contributed by atoms with Crippen LogP contribution in [0.15, 0.2) is 63.9 Å². The Hall–Kier alpha value is -1.17. The minimum atomic E-state index is -3.97. The van der Waals surface area contributed by atoms with Crippen molar-refractivity contribution in [2.45, 2.75) is 11.3 Å². The number of rotatable bonds is 7. The number of allylic oxidation sites excluding steroid dienone is 2. The van der Waals surface area contributed by atoms with E-state index in [0.29, 0.717) is 28.8 Å². The molecule has 0 aliphatic carbocycles. The van der Waals surface area contributed by atoms with Gasteiger partial charge in [0, 0.05) is 22.9 Å². The first kappa shape index (κ1) is 21.5. The van der Waals surface area contributed by atoms with Gasteiger partial charge in [-0.25, -0.2) is 0 Å². The minimum absolute atomic E-state index is 0.268. The van der Waals surface area contributed by atoms with Crippen LogP contribution >= 0.6 is 48.0 Å². The first-order chi connectivity index (χ1) is 13.3. The molecule has 1 fully saturated rings. The topological polar surface area (TPSA) is 60.9 Å². The molecule has 0 atom stereocenters. The standard InChI is InChI=1S/C18H18N2O3S5/c1-2-10-20-17(24)15(27-18(20)25)8-9-16-19(11-5-12-28(21,22)23)13-6-3-4-7-14(13)26-16/h2-4,6-9H,1,5,10-12H2,(H,21,22,23)/b15-8+,16-9-. The van der Waals surface area contributed by atoms with E-state index in [4.69, 9.17) is 29.0 Å². The van der Waals surface area contributed by atoms with Gasteiger partial charge in [-0.15, -0.1) is 6.58 Å². The van der Waals surface area contributed by atoms with Crippen LogP contribution in [0.25, 0.3) is 0 Å². The molecule has 0 amide bonds. The summed E-state index contributed by atoms with van der Waals surface area (Å²) in [5, 5.41) is 0.973. The number of anilines is 1. The maximum absolute atomic E-state index is 11.0. The Morgan fingerprint density at radius 3 is 2.61 bits per heavy atom. The summed E-state index contributed by atoms with van der Waals surface area (Å²) < 4.78 is 31.8. The summed E-state index contributed by atoms with van der Waals surface area (Å²) in [5.41, 5.74) is 1.03. The zero-order valence-corrected chi connectivity index (χ0v) is 18.9. The smallest absolute Gasteiger partial charge is 0.264 e. The second-order valence-corrected chi connectivity index (χ2v) is 10.7. The molecule has 1 aromatic carbocycles. The monoisotopic (exact) mass is 470 g/mol. The van der Waals surface area contributed by atoms with Crippen LogP contribution in [-0.2, 0) is 10.1 Å². The molecule has 2 heterocycles. The molecule has 0 bridgehead atoms. The molecule has 2 aliphatic rings. The lowest BCUT2D eigenvalue weighted by atomic mass is 10.3. The molecule has 1 aromatic rings. The number of hydrogen-bond acceptors (Lipinski definition) is 7. The van der Waals surface area contributed by atoms with Gasteiger partial charge in [-0.05, 0) is 30.7 Å². The third-order valence-electron chi connectivity index (χ3n) is 3.98. The van der Waals surface area contributed by atoms with Crippen LogP contribution in [0.2, 0.25) is 0 Å². The Kier molecular flexibility index (Phi) is 7.00. The van der Waals surface area contributed by atoms with E-state index in [1.807, 2.05) is 41.3 Å². The van der Waals surface area contributed by atoms with Crippen LogP contribution < -0.4 is 4.90 Å². The summed E-state index contributed by atoms with van der Waals surface area (Å²) in [6, 6.07) is 7.95. The Morgan fingerprint density at radius 1 is 1.14 bits per heavy atom. The first-order valence-corrected chi connectivity index (χ1v) is 12.4. The maximum Gasteiger partial charge on any atom is 0.264 e. The number of thioether (sulfide) groups is 2. The fourth-order valence-corrected chi connectivity index (χ4v) is 6.05. The molecule has 0 unspecified atom stereocenters. The van der Waals surface area contributed by atoms with Gasteiger partial charge in [-0.2, -0.15) is 8.42 Å². The number of nitrogens with zero attached hydrogens (tertiary/aromatic N) is 2. The lowest BCUT2D eigenvalue weighted by Gasteiger charge is -2.20. The average molecular weight is 471 g/mol. The number of fused-ring (bicyclic) bond motifs is 1. The van der Waals surface area contributed by atoms with E-state index in [1.165, 1.54) is 11.8 Å². The first-order valence-electron chi connectivity index (χ1n) is 8.36. The highest BCUT2D eigenvalue weighted by molar-refractivity contribution is 8.27. The van der Waals surface area contributed by atoms with Crippen molar-refractivity contribution >= 4 is 73.1 Å². The van der Waals surface area contributed by atoms with Crippen molar-refractivity contribution in [1.29, 1.82) is 0 Å². The highest BCUT2D eigenvalue weighted by Gasteiger charge is 2.28. The molecular formula is C18H18N2O3S5. The van der Waals surface area contributed by atoms with Crippen molar-refractivity contribution in [2.24, 2.45) is 0 Å². The normalized spacial score (nSPS) is 19.8. The average Bonchev–Trinajstić information content (AvgIpc) is 3.11. The Balaban J connectivity index is 1.82. The van der Waals surface area contributed by atoms with Gasteiger partial charge in [0.2, 0.25) is 0 Å². The summed E-state index contributed by atoms with van der Waals surface area (Å²) in [6.07, 6.45) is 6.02. The lowest BCUT2D eigenvalue weighted by molar-refractivity contribution is 0.481. The van der Waals surface area contributed by atoms with Crippen LogP contribution in [-0.4, -0.2) is 46.0 Å². The van der Waals surface area contributed by atoms with E-state index in [1.54, 1.807) is 17.8 Å². The molecule has 5 nitrogen and oxygen atoms in total. The third kappa shape index (κ3) is 5.05. The Morgan fingerprint density at radius 2 is 1.89 bits per heavy atom. The third-order valence-corrected chi connectivity index (χ3v) is 7.90. The van der Waals surface area contributed by atoms with Gasteiger partial charge in [-0.3, -0.25) is 4.55 Å². The van der Waals surface area contributed by atoms with Gasteiger partial charge in [-0.1, -0.05) is 66.2 Å². The molecular weight excluding hydrogens is 453 g/mol. The van der Waals surface area contributed by atoms with Crippen molar-refractivity contribution in [1.82, 2.24) is 4.90 Å². The fourth-order valence-electron chi connectivity index (χ4n) is 2.76. The highest BCUT2D eigenvalue weighted by Crippen LogP contribution is 2.46. The zero-order valence-electron chi connectivity index (χ0n) is 14.8. The lowest BCUT2D eigenvalue weighted by Crippen LogP contribution is -2.26. The van der Waals surface area contributed by atoms with Gasteiger partial charge in [0.1, 0.15) is 9.31 Å². The SMILES string of the molecule is C=CCN1C(=S)S/C(=C/C=C2\Sc3ccccc3N2CCCS(=O)(=O)O)C1=S. The van der Waals surface area contributed by atoms with Gasteiger partial charge in [0.05, 0.1) is 16.5 Å². The summed E-state index contributed by atoms with van der Waals surface area (Å²) in [7, 11) is -3.97. The summed E-state index contributed by atoms with van der Waals surface area (Å²) in [4.78, 5) is 6.62. The molecule has 1 N–H and O–H groups in total. The largest absolute Gasteiger partial charge is 0.335 e. The van der Waals surface area contributed by atoms with Crippen LogP contribution in [0.5, 0.6) is 0 Å². The van der Waals surface area contributed by atoms with Gasteiger partial charge < -0.3 is 9.80 Å². The quantitative estimate of drug-likeness (QED) is 0.269. The van der Waals surface area contributed by atoms with Gasteiger partial charge in [0.25, 0.3) is 10.1 Å². The van der Waals surface area contributed by atoms with Crippen LogP contribution in [0, 0.1) is 0 Å². The zero-order chi connectivity index (χ0) is 20.3. The van der Waals surface area contributed by atoms with Crippen LogP contribution in [0.1, 0.15) is 6.42 Å². The Bertz CT molecular complexity index is 985. The number of benzene rings is 1. The van der Waals surface area contributed by atoms with Crippen molar-refractivity contribution in [3.05, 3.63) is 59.0 Å². The molecule has 10 heteroatoms. The molecule has 148 valence electrons. The predicted molar refractivity (Wildman–Crippen MR) is 127 cm³/mol. The second-order valence-electron chi connectivity index (χ2n) is 5.97. The number of thiocarbonyl (C=S) groups is 2. The van der Waals surface area contributed by atoms with E-state index in [2.05, 4.69) is 11.5 Å². The van der Waals surface area contributed by atoms with Crippen molar-refractivity contribution in [3.8, 4) is 0 Å². The van der Waals surface area contributed by atoms with E-state index in [-0.39, 0.29) is 5.75 Å². The van der Waals surface area contributed by atoms with E-state index in [0.717, 1.165) is 20.5 Å². The van der Waals surface area contributed by atoms with E-state index >= 15 is 0 Å². The molecule has 0 spiro atoms. The second kappa shape index (κ2) is 9.10. The number of hydrogen-bond donors (Lipinski definition) is 1. The van der Waals surface area contributed by atoms with Crippen LogP contribution in [0.3, 0.4) is 0 Å². The molecule has 0 radical (unpaired) electrons. The van der Waals surface area contributed by atoms with Crippen LogP contribution in [0.4, 0.5) is 5.69 Å². The summed E-state index contributed by atoms with van der Waals surface area (Å²) >= 11 is 14.0. The predicted octanol–water partition coefficient (Wildman–Crippen LogP) is 4.45.